The Bertz CT molecular complexity index is 813. The van der Waals surface area contributed by atoms with Crippen LogP contribution in [0.4, 0.5) is 35.0 Å². The molecule has 10 heteroatoms. The standard InChI is InChI=1S/C15H10Cl2F3N3O2/c16-11-5-4-10(7-12(11)17)23-14(25)22-9-3-1-2-8(6-9)21-13(24)15(18,19)20/h1-7H,(H,21,24)(H2,22,23,25). The summed E-state index contributed by atoms with van der Waals surface area (Å²) in [5.41, 5.74) is 0.431. The van der Waals surface area contributed by atoms with Gasteiger partial charge in [-0.25, -0.2) is 4.79 Å². The maximum absolute atomic E-state index is 12.2. The molecule has 0 saturated carbocycles. The molecule has 25 heavy (non-hydrogen) atoms. The summed E-state index contributed by atoms with van der Waals surface area (Å²) in [6.07, 6.45) is -5.01. The van der Waals surface area contributed by atoms with E-state index in [1.54, 1.807) is 5.32 Å². The van der Waals surface area contributed by atoms with Gasteiger partial charge in [0.15, 0.2) is 0 Å². The number of benzene rings is 2. The lowest BCUT2D eigenvalue weighted by molar-refractivity contribution is -0.167. The van der Waals surface area contributed by atoms with Crippen molar-refractivity contribution in [3.63, 3.8) is 0 Å². The van der Waals surface area contributed by atoms with Gasteiger partial charge in [0.05, 0.1) is 10.0 Å². The number of alkyl halides is 3. The topological polar surface area (TPSA) is 70.2 Å². The van der Waals surface area contributed by atoms with Gasteiger partial charge in [0.2, 0.25) is 0 Å². The van der Waals surface area contributed by atoms with E-state index in [1.165, 1.54) is 42.5 Å². The van der Waals surface area contributed by atoms with Crippen LogP contribution < -0.4 is 16.0 Å². The molecule has 0 bridgehead atoms. The van der Waals surface area contributed by atoms with Crippen molar-refractivity contribution in [1.82, 2.24) is 0 Å². The van der Waals surface area contributed by atoms with E-state index in [1.807, 2.05) is 0 Å². The molecule has 0 aliphatic carbocycles. The smallest absolute Gasteiger partial charge is 0.318 e. The Balaban J connectivity index is 2.02. The number of halogens is 5. The molecular formula is C15H10Cl2F3N3O2. The molecular weight excluding hydrogens is 382 g/mol. The second-order valence-electron chi connectivity index (χ2n) is 4.74. The number of carbonyl (C=O) groups is 2. The fourth-order valence-electron chi connectivity index (χ4n) is 1.74. The van der Waals surface area contributed by atoms with Crippen LogP contribution in [0.3, 0.4) is 0 Å². The summed E-state index contributed by atoms with van der Waals surface area (Å²) in [5.74, 6) is -2.11. The van der Waals surface area contributed by atoms with Crippen LogP contribution in [0.15, 0.2) is 42.5 Å². The Hall–Kier alpha value is -2.45. The molecule has 3 N–H and O–H groups in total. The molecule has 0 saturated heterocycles. The largest absolute Gasteiger partial charge is 0.471 e. The minimum Gasteiger partial charge on any atom is -0.318 e. The van der Waals surface area contributed by atoms with Crippen LogP contribution in [0.1, 0.15) is 0 Å². The quantitative estimate of drug-likeness (QED) is 0.677. The van der Waals surface area contributed by atoms with Crippen LogP contribution >= 0.6 is 23.2 Å². The van der Waals surface area contributed by atoms with Crippen LogP contribution in [0, 0.1) is 0 Å². The number of rotatable bonds is 3. The van der Waals surface area contributed by atoms with Crippen molar-refractivity contribution in [1.29, 1.82) is 0 Å². The molecule has 2 aromatic rings. The normalized spacial score (nSPS) is 10.9. The maximum atomic E-state index is 12.2. The van der Waals surface area contributed by atoms with Crippen molar-refractivity contribution in [2.75, 3.05) is 16.0 Å². The fourth-order valence-corrected chi connectivity index (χ4v) is 2.04. The van der Waals surface area contributed by atoms with Crippen LogP contribution in [0.5, 0.6) is 0 Å². The highest BCUT2D eigenvalue weighted by Crippen LogP contribution is 2.25. The molecule has 3 amide bonds. The zero-order valence-electron chi connectivity index (χ0n) is 12.2. The van der Waals surface area contributed by atoms with E-state index in [0.717, 1.165) is 0 Å². The summed E-state index contributed by atoms with van der Waals surface area (Å²) in [7, 11) is 0. The summed E-state index contributed by atoms with van der Waals surface area (Å²) < 4.78 is 36.7. The Morgan fingerprint density at radius 1 is 0.800 bits per heavy atom. The summed E-state index contributed by atoms with van der Waals surface area (Å²) in [6, 6.07) is 9.05. The number of carbonyl (C=O) groups excluding carboxylic acids is 2. The molecule has 0 atom stereocenters. The van der Waals surface area contributed by atoms with Gasteiger partial charge in [-0.2, -0.15) is 13.2 Å². The second-order valence-corrected chi connectivity index (χ2v) is 5.56. The molecule has 0 aromatic heterocycles. The van der Waals surface area contributed by atoms with E-state index in [-0.39, 0.29) is 16.4 Å². The monoisotopic (exact) mass is 391 g/mol. The number of nitrogens with one attached hydrogen (secondary N) is 3. The highest BCUT2D eigenvalue weighted by Gasteiger charge is 2.38. The van der Waals surface area contributed by atoms with E-state index in [9.17, 15) is 22.8 Å². The predicted octanol–water partition coefficient (Wildman–Crippen LogP) is 5.14. The SMILES string of the molecule is O=C(Nc1cccc(NC(=O)C(F)(F)F)c1)Nc1ccc(Cl)c(Cl)c1. The van der Waals surface area contributed by atoms with Crippen molar-refractivity contribution in [3.8, 4) is 0 Å². The van der Waals surface area contributed by atoms with Gasteiger partial charge in [-0.3, -0.25) is 4.79 Å². The van der Waals surface area contributed by atoms with E-state index >= 15 is 0 Å². The fraction of sp³-hybridized carbons (Fsp3) is 0.0667. The molecule has 2 rings (SSSR count). The van der Waals surface area contributed by atoms with Gasteiger partial charge < -0.3 is 16.0 Å². The average molecular weight is 392 g/mol. The molecule has 0 aliphatic heterocycles. The van der Waals surface area contributed by atoms with Gasteiger partial charge >= 0.3 is 18.1 Å². The third-order valence-electron chi connectivity index (χ3n) is 2.81. The van der Waals surface area contributed by atoms with Gasteiger partial charge in [0.1, 0.15) is 0 Å². The minimum atomic E-state index is -5.01. The Morgan fingerprint density at radius 3 is 1.92 bits per heavy atom. The molecule has 0 heterocycles. The molecule has 0 aliphatic rings. The highest BCUT2D eigenvalue weighted by molar-refractivity contribution is 6.42. The van der Waals surface area contributed by atoms with Gasteiger partial charge in [0, 0.05) is 17.1 Å². The molecule has 0 spiro atoms. The van der Waals surface area contributed by atoms with Crippen molar-refractivity contribution >= 4 is 52.2 Å². The van der Waals surface area contributed by atoms with Crippen LogP contribution in [-0.4, -0.2) is 18.1 Å². The lowest BCUT2D eigenvalue weighted by Gasteiger charge is -2.11. The zero-order valence-corrected chi connectivity index (χ0v) is 13.8. The predicted molar refractivity (Wildman–Crippen MR) is 90.2 cm³/mol. The van der Waals surface area contributed by atoms with E-state index in [0.29, 0.717) is 10.7 Å². The summed E-state index contributed by atoms with van der Waals surface area (Å²) >= 11 is 11.6. The minimum absolute atomic E-state index is 0.116. The Labute approximate surface area is 150 Å². The van der Waals surface area contributed by atoms with Crippen molar-refractivity contribution in [2.24, 2.45) is 0 Å². The highest BCUT2D eigenvalue weighted by atomic mass is 35.5. The zero-order chi connectivity index (χ0) is 18.6. The number of urea groups is 1. The molecule has 0 fully saturated rings. The molecule has 0 radical (unpaired) electrons. The Kier molecular flexibility index (Phi) is 5.76. The van der Waals surface area contributed by atoms with Gasteiger partial charge in [-0.1, -0.05) is 29.3 Å². The lowest BCUT2D eigenvalue weighted by Crippen LogP contribution is -2.30. The van der Waals surface area contributed by atoms with Crippen LogP contribution in [-0.2, 0) is 4.79 Å². The van der Waals surface area contributed by atoms with E-state index in [2.05, 4.69) is 10.6 Å². The maximum Gasteiger partial charge on any atom is 0.471 e. The summed E-state index contributed by atoms with van der Waals surface area (Å²) in [4.78, 5) is 22.8. The first-order valence-corrected chi connectivity index (χ1v) is 7.42. The van der Waals surface area contributed by atoms with E-state index in [4.69, 9.17) is 23.2 Å². The third kappa shape index (κ3) is 5.54. The first-order chi connectivity index (χ1) is 11.6. The number of hydrogen-bond donors (Lipinski definition) is 3. The van der Waals surface area contributed by atoms with Gasteiger partial charge in [-0.15, -0.1) is 0 Å². The lowest BCUT2D eigenvalue weighted by atomic mass is 10.2. The number of anilines is 3. The first kappa shape index (κ1) is 18.9. The second kappa shape index (κ2) is 7.62. The molecule has 132 valence electrons. The average Bonchev–Trinajstić information content (AvgIpc) is 2.50. The first-order valence-electron chi connectivity index (χ1n) is 6.66. The van der Waals surface area contributed by atoms with Crippen molar-refractivity contribution in [2.45, 2.75) is 6.18 Å². The third-order valence-corrected chi connectivity index (χ3v) is 3.55. The van der Waals surface area contributed by atoms with Crippen molar-refractivity contribution in [3.05, 3.63) is 52.5 Å². The summed E-state index contributed by atoms with van der Waals surface area (Å²) in [6.45, 7) is 0. The van der Waals surface area contributed by atoms with Crippen LogP contribution in [0.2, 0.25) is 10.0 Å². The number of hydrogen-bond acceptors (Lipinski definition) is 2. The molecule has 5 nitrogen and oxygen atoms in total. The molecule has 0 unspecified atom stereocenters. The Morgan fingerprint density at radius 2 is 1.36 bits per heavy atom. The number of amides is 3. The van der Waals surface area contributed by atoms with Crippen LogP contribution in [0.25, 0.3) is 0 Å². The van der Waals surface area contributed by atoms with Gasteiger partial charge in [0.25, 0.3) is 0 Å². The molecule has 2 aromatic carbocycles. The van der Waals surface area contributed by atoms with Crippen molar-refractivity contribution < 1.29 is 22.8 Å². The summed E-state index contributed by atoms with van der Waals surface area (Å²) in [5, 5.41) is 7.16. The van der Waals surface area contributed by atoms with E-state index < -0.39 is 18.1 Å². The van der Waals surface area contributed by atoms with Gasteiger partial charge in [-0.05, 0) is 36.4 Å².